The Labute approximate surface area is 180 Å². The molecule has 1 saturated carbocycles. The lowest BCUT2D eigenvalue weighted by Gasteiger charge is -2.49. The average molecular weight is 417 g/mol. The molecule has 0 radical (unpaired) electrons. The van der Waals surface area contributed by atoms with E-state index in [1.165, 1.54) is 6.42 Å². The number of rotatable bonds is 6. The molecule has 0 aromatic carbocycles. The maximum atomic E-state index is 12.7. The molecule has 1 spiro atoms. The smallest absolute Gasteiger partial charge is 0.410 e. The largest absolute Gasteiger partial charge is 0.444 e. The molecule has 1 unspecified atom stereocenters. The summed E-state index contributed by atoms with van der Waals surface area (Å²) in [5.74, 6) is 2.70. The van der Waals surface area contributed by atoms with E-state index in [0.717, 1.165) is 38.5 Å². The van der Waals surface area contributed by atoms with E-state index in [-0.39, 0.29) is 23.5 Å². The van der Waals surface area contributed by atoms with Gasteiger partial charge in [-0.2, -0.15) is 10.2 Å². The van der Waals surface area contributed by atoms with Crippen LogP contribution in [0.25, 0.3) is 0 Å². The van der Waals surface area contributed by atoms with Gasteiger partial charge in [-0.15, -0.1) is 12.3 Å². The predicted molar refractivity (Wildman–Crippen MR) is 115 cm³/mol. The van der Waals surface area contributed by atoms with Crippen molar-refractivity contribution in [2.45, 2.75) is 102 Å². The molecular weight excluding hydrogens is 380 g/mol. The van der Waals surface area contributed by atoms with Crippen molar-refractivity contribution >= 4 is 12.0 Å². The third-order valence-electron chi connectivity index (χ3n) is 6.71. The number of nitrogens with zero attached hydrogens (tertiary/aromatic N) is 3. The molecule has 2 aliphatic heterocycles. The summed E-state index contributed by atoms with van der Waals surface area (Å²) in [4.78, 5) is 26.9. The van der Waals surface area contributed by atoms with Crippen LogP contribution in [-0.2, 0) is 9.53 Å². The van der Waals surface area contributed by atoms with Crippen LogP contribution < -0.4 is 5.32 Å². The van der Waals surface area contributed by atoms with Crippen molar-refractivity contribution in [3.63, 3.8) is 0 Å². The zero-order valence-corrected chi connectivity index (χ0v) is 18.7. The van der Waals surface area contributed by atoms with Crippen LogP contribution in [0.1, 0.15) is 85.0 Å². The number of terminal acetylenes is 1. The molecule has 0 aromatic heterocycles. The molecular formula is C23H36N4O3. The molecule has 1 atom stereocenters. The lowest BCUT2D eigenvalue weighted by Crippen LogP contribution is -2.55. The van der Waals surface area contributed by atoms with Gasteiger partial charge in [-0.05, 0) is 51.9 Å². The maximum Gasteiger partial charge on any atom is 0.410 e. The molecule has 3 aliphatic rings. The Morgan fingerprint density at radius 3 is 2.47 bits per heavy atom. The minimum atomic E-state index is -0.481. The normalized spacial score (nSPS) is 24.2. The van der Waals surface area contributed by atoms with Gasteiger partial charge in [-0.3, -0.25) is 4.79 Å². The summed E-state index contributed by atoms with van der Waals surface area (Å²) >= 11 is 0. The molecule has 7 nitrogen and oxygen atoms in total. The van der Waals surface area contributed by atoms with Crippen LogP contribution in [-0.4, -0.2) is 47.3 Å². The van der Waals surface area contributed by atoms with Gasteiger partial charge in [0.2, 0.25) is 5.91 Å². The Hall–Kier alpha value is -2.10. The molecule has 1 N–H and O–H groups in total. The number of nitrogens with one attached hydrogen (secondary N) is 1. The summed E-state index contributed by atoms with van der Waals surface area (Å²) < 4.78 is 5.53. The van der Waals surface area contributed by atoms with Crippen LogP contribution in [0.15, 0.2) is 10.2 Å². The first kappa shape index (κ1) is 22.6. The fourth-order valence-electron chi connectivity index (χ4n) is 4.84. The fourth-order valence-corrected chi connectivity index (χ4v) is 4.84. The zero-order chi connectivity index (χ0) is 21.8. The number of ether oxygens (including phenoxy) is 1. The van der Waals surface area contributed by atoms with Gasteiger partial charge < -0.3 is 15.0 Å². The molecule has 1 aliphatic carbocycles. The zero-order valence-electron chi connectivity index (χ0n) is 18.7. The lowest BCUT2D eigenvalue weighted by molar-refractivity contribution is -0.124. The monoisotopic (exact) mass is 416 g/mol. The summed E-state index contributed by atoms with van der Waals surface area (Å²) in [6.45, 7) is 7.05. The minimum Gasteiger partial charge on any atom is -0.444 e. The fraction of sp³-hybridized carbons (Fsp3) is 0.826. The maximum absolute atomic E-state index is 12.7. The highest BCUT2D eigenvalue weighted by Gasteiger charge is 2.45. The van der Waals surface area contributed by atoms with Gasteiger partial charge in [0.1, 0.15) is 5.60 Å². The molecule has 7 heteroatoms. The molecule has 2 heterocycles. The number of hydrogen-bond donors (Lipinski definition) is 1. The quantitative estimate of drug-likeness (QED) is 0.651. The molecule has 3 rings (SSSR count). The molecule has 2 fully saturated rings. The van der Waals surface area contributed by atoms with Crippen LogP contribution >= 0.6 is 0 Å². The van der Waals surface area contributed by atoms with Gasteiger partial charge in [0.25, 0.3) is 0 Å². The molecule has 30 heavy (non-hydrogen) atoms. The van der Waals surface area contributed by atoms with Gasteiger partial charge in [0, 0.05) is 44.8 Å². The van der Waals surface area contributed by atoms with Crippen molar-refractivity contribution in [1.29, 1.82) is 0 Å². The van der Waals surface area contributed by atoms with Crippen molar-refractivity contribution < 1.29 is 14.3 Å². The van der Waals surface area contributed by atoms with E-state index < -0.39 is 11.3 Å². The van der Waals surface area contributed by atoms with E-state index in [1.54, 1.807) is 0 Å². The molecule has 1 saturated heterocycles. The Morgan fingerprint density at radius 1 is 1.17 bits per heavy atom. The number of carbonyl (C=O) groups excluding carboxylic acids is 2. The first-order chi connectivity index (χ1) is 14.2. The second-order valence-electron chi connectivity index (χ2n) is 10.1. The SMILES string of the molecule is C#CCCC1(CCC(=O)NC2CCCCC23CCN(C(=O)OC(C)(C)C)CC3)N=N1. The Balaban J connectivity index is 1.51. The van der Waals surface area contributed by atoms with Gasteiger partial charge in [-0.25, -0.2) is 4.79 Å². The van der Waals surface area contributed by atoms with E-state index in [9.17, 15) is 9.59 Å². The molecule has 166 valence electrons. The standard InChI is InChI=1S/C23H36N4O3/c1-5-6-12-23(25-26-23)13-10-19(28)24-18-9-7-8-11-22(18)14-16-27(17-15-22)20(29)30-21(2,3)4/h1,18H,6-17H2,2-4H3,(H,24,28). The summed E-state index contributed by atoms with van der Waals surface area (Å²) in [5.41, 5.74) is -0.806. The third-order valence-corrected chi connectivity index (χ3v) is 6.71. The highest BCUT2D eigenvalue weighted by atomic mass is 16.6. The van der Waals surface area contributed by atoms with Gasteiger partial charge >= 0.3 is 6.09 Å². The summed E-state index contributed by atoms with van der Waals surface area (Å²) in [6.07, 6.45) is 13.8. The van der Waals surface area contributed by atoms with Crippen LogP contribution in [0.5, 0.6) is 0 Å². The van der Waals surface area contributed by atoms with Crippen LogP contribution in [0, 0.1) is 17.8 Å². The lowest BCUT2D eigenvalue weighted by atomic mass is 9.64. The summed E-state index contributed by atoms with van der Waals surface area (Å²) in [6, 6.07) is 0.175. The first-order valence-electron chi connectivity index (χ1n) is 11.3. The molecule has 2 amide bonds. The Kier molecular flexibility index (Phi) is 6.74. The van der Waals surface area contributed by atoms with E-state index in [0.29, 0.717) is 32.4 Å². The number of hydrogen-bond acceptors (Lipinski definition) is 5. The van der Waals surface area contributed by atoms with E-state index in [1.807, 2.05) is 25.7 Å². The second kappa shape index (κ2) is 8.95. The number of piperidine rings is 1. The Bertz CT molecular complexity index is 705. The summed E-state index contributed by atoms with van der Waals surface area (Å²) in [5, 5.41) is 11.6. The van der Waals surface area contributed by atoms with Crippen molar-refractivity contribution in [3.8, 4) is 12.3 Å². The minimum absolute atomic E-state index is 0.0771. The average Bonchev–Trinajstić information content (AvgIpc) is 3.46. The van der Waals surface area contributed by atoms with Crippen molar-refractivity contribution in [3.05, 3.63) is 0 Å². The predicted octanol–water partition coefficient (Wildman–Crippen LogP) is 4.42. The Morgan fingerprint density at radius 2 is 1.87 bits per heavy atom. The number of amides is 2. The molecule has 0 aromatic rings. The van der Waals surface area contributed by atoms with Crippen molar-refractivity contribution in [2.75, 3.05) is 13.1 Å². The third kappa shape index (κ3) is 5.74. The van der Waals surface area contributed by atoms with E-state index >= 15 is 0 Å². The van der Waals surface area contributed by atoms with Crippen molar-refractivity contribution in [1.82, 2.24) is 10.2 Å². The van der Waals surface area contributed by atoms with Crippen LogP contribution in [0.2, 0.25) is 0 Å². The number of carbonyl (C=O) groups is 2. The number of likely N-dealkylation sites (tertiary alicyclic amines) is 1. The summed E-state index contributed by atoms with van der Waals surface area (Å²) in [7, 11) is 0. The van der Waals surface area contributed by atoms with E-state index in [4.69, 9.17) is 11.2 Å². The van der Waals surface area contributed by atoms with Crippen LogP contribution in [0.3, 0.4) is 0 Å². The van der Waals surface area contributed by atoms with Gasteiger partial charge in [0.15, 0.2) is 5.66 Å². The second-order valence-corrected chi connectivity index (χ2v) is 10.1. The van der Waals surface area contributed by atoms with Gasteiger partial charge in [-0.1, -0.05) is 12.8 Å². The van der Waals surface area contributed by atoms with Crippen molar-refractivity contribution in [2.24, 2.45) is 15.6 Å². The van der Waals surface area contributed by atoms with E-state index in [2.05, 4.69) is 21.5 Å². The highest BCUT2D eigenvalue weighted by Crippen LogP contribution is 2.45. The first-order valence-corrected chi connectivity index (χ1v) is 11.3. The molecule has 0 bridgehead atoms. The van der Waals surface area contributed by atoms with Crippen LogP contribution in [0.4, 0.5) is 4.79 Å². The highest BCUT2D eigenvalue weighted by molar-refractivity contribution is 5.76. The topological polar surface area (TPSA) is 83.4 Å². The van der Waals surface area contributed by atoms with Gasteiger partial charge in [0.05, 0.1) is 0 Å².